The average Bonchev–Trinajstić information content (AvgIpc) is 2.00. The molecular formula is C6H14N4O2-2. The van der Waals surface area contributed by atoms with Crippen LogP contribution in [0.4, 0.5) is 0 Å². The number of nitrogens with zero attached hydrogens (tertiary/aromatic N) is 3. The summed E-state index contributed by atoms with van der Waals surface area (Å²) >= 11 is 0. The maximum Gasteiger partial charge on any atom is 0.0615 e. The van der Waals surface area contributed by atoms with E-state index < -0.39 is 0 Å². The topological polar surface area (TPSA) is 73.8 Å². The summed E-state index contributed by atoms with van der Waals surface area (Å²) in [6.45, 7) is 0.587. The van der Waals surface area contributed by atoms with Gasteiger partial charge in [-0.2, -0.15) is 0 Å². The second-order valence-corrected chi connectivity index (χ2v) is 2.85. The Morgan fingerprint density at radius 2 is 2.33 bits per heavy atom. The van der Waals surface area contributed by atoms with Crippen LogP contribution in [0, 0.1) is 5.92 Å². The molecular weight excluding hydrogens is 160 g/mol. The molecule has 0 heterocycles. The van der Waals surface area contributed by atoms with Crippen LogP contribution >= 0.6 is 0 Å². The Bertz CT molecular complexity index is 131. The van der Waals surface area contributed by atoms with Crippen molar-refractivity contribution in [2.75, 3.05) is 13.7 Å². The van der Waals surface area contributed by atoms with Gasteiger partial charge in [0.2, 0.25) is 0 Å². The second kappa shape index (κ2) is 4.70. The molecule has 0 atom stereocenters. The summed E-state index contributed by atoms with van der Waals surface area (Å²) < 4.78 is 0. The third kappa shape index (κ3) is 2.67. The van der Waals surface area contributed by atoms with Gasteiger partial charge in [-0.3, -0.25) is 10.0 Å². The lowest BCUT2D eigenvalue weighted by atomic mass is 9.86. The molecule has 1 rings (SSSR count). The highest BCUT2D eigenvalue weighted by molar-refractivity contribution is 4.82. The largest absolute Gasteiger partial charge is 0.610 e. The highest BCUT2D eigenvalue weighted by Gasteiger charge is 2.12. The van der Waals surface area contributed by atoms with E-state index in [9.17, 15) is 0 Å². The molecule has 0 aliphatic heterocycles. The monoisotopic (exact) mass is 174 g/mol. The van der Waals surface area contributed by atoms with Crippen LogP contribution in [-0.2, 0) is 4.84 Å². The molecule has 6 heteroatoms. The quantitative estimate of drug-likeness (QED) is 0.641. The molecule has 0 radical (unpaired) electrons. The van der Waals surface area contributed by atoms with Crippen LogP contribution in [0.25, 0.3) is 11.3 Å². The van der Waals surface area contributed by atoms with Crippen molar-refractivity contribution in [3.05, 3.63) is 11.3 Å². The van der Waals surface area contributed by atoms with Gasteiger partial charge in [-0.05, 0) is 5.34 Å². The van der Waals surface area contributed by atoms with Crippen LogP contribution in [0.1, 0.15) is 19.3 Å². The van der Waals surface area contributed by atoms with Gasteiger partial charge in [-0.25, -0.2) is 0 Å². The number of hydrazine groups is 1. The van der Waals surface area contributed by atoms with Crippen LogP contribution in [0.15, 0.2) is 0 Å². The molecule has 1 aliphatic rings. The number of nitrogens with one attached hydrogen (secondary N) is 1. The molecule has 2 N–H and O–H groups in total. The van der Waals surface area contributed by atoms with Crippen LogP contribution in [0.2, 0.25) is 0 Å². The maximum absolute atomic E-state index is 8.79. The first-order valence-corrected chi connectivity index (χ1v) is 3.96. The molecule has 0 aromatic heterocycles. The fraction of sp³-hybridized carbons (Fsp3) is 1.00. The summed E-state index contributed by atoms with van der Waals surface area (Å²) in [5.41, 5.74) is 3.77. The molecule has 1 saturated carbocycles. The van der Waals surface area contributed by atoms with E-state index >= 15 is 0 Å². The summed E-state index contributed by atoms with van der Waals surface area (Å²) in [6, 6.07) is 0. The molecule has 0 saturated heterocycles. The van der Waals surface area contributed by atoms with Crippen LogP contribution in [-0.4, -0.2) is 29.4 Å². The molecule has 0 aromatic carbocycles. The first-order chi connectivity index (χ1) is 5.74. The smallest absolute Gasteiger partial charge is 0.0615 e. The zero-order chi connectivity index (χ0) is 8.97. The van der Waals surface area contributed by atoms with Gasteiger partial charge in [0.05, 0.1) is 7.11 Å². The maximum atomic E-state index is 8.79. The van der Waals surface area contributed by atoms with Gasteiger partial charge in [0.15, 0.2) is 0 Å². The standard InChI is InChI=1S/C6H14N4O2/c1-12-10(11)9(7)8-5-6-3-2-4-6/h6-7,11H,2-5H2,1H3/q-2. The first kappa shape index (κ1) is 9.85. The Morgan fingerprint density at radius 3 is 2.75 bits per heavy atom. The van der Waals surface area contributed by atoms with Crippen LogP contribution < -0.4 is 0 Å². The summed E-state index contributed by atoms with van der Waals surface area (Å²) in [5, 5.41) is 9.60. The molecule has 0 bridgehead atoms. The highest BCUT2D eigenvalue weighted by atomic mass is 16.9. The minimum absolute atomic E-state index is 0.276. The van der Waals surface area contributed by atoms with Gasteiger partial charge in [0, 0.05) is 0 Å². The predicted molar refractivity (Wildman–Crippen MR) is 42.4 cm³/mol. The van der Waals surface area contributed by atoms with E-state index in [0.29, 0.717) is 17.7 Å². The van der Waals surface area contributed by atoms with E-state index in [2.05, 4.69) is 10.3 Å². The average molecular weight is 174 g/mol. The van der Waals surface area contributed by atoms with Crippen molar-refractivity contribution in [2.24, 2.45) is 5.92 Å². The molecule has 72 valence electrons. The van der Waals surface area contributed by atoms with Gasteiger partial charge in [0.25, 0.3) is 0 Å². The van der Waals surface area contributed by atoms with Crippen molar-refractivity contribution in [1.29, 1.82) is 0 Å². The highest BCUT2D eigenvalue weighted by Crippen LogP contribution is 2.28. The van der Waals surface area contributed by atoms with Gasteiger partial charge >= 0.3 is 0 Å². The van der Waals surface area contributed by atoms with Crippen LogP contribution in [0.5, 0.6) is 0 Å². The first-order valence-electron chi connectivity index (χ1n) is 3.96. The summed E-state index contributed by atoms with van der Waals surface area (Å²) in [4.78, 5) is 4.33. The SMILES string of the molecule is CON(O)N([NH-])[N-]CC1CCC1. The lowest BCUT2D eigenvalue weighted by Gasteiger charge is -2.47. The van der Waals surface area contributed by atoms with Crippen molar-refractivity contribution < 1.29 is 10.0 Å². The van der Waals surface area contributed by atoms with E-state index in [1.165, 1.54) is 26.4 Å². The Balaban J connectivity index is 2.04. The molecule has 1 fully saturated rings. The Hall–Kier alpha value is -0.240. The van der Waals surface area contributed by atoms with Crippen molar-refractivity contribution in [3.63, 3.8) is 0 Å². The predicted octanol–water partition coefficient (Wildman–Crippen LogP) is 1.51. The summed E-state index contributed by atoms with van der Waals surface area (Å²) in [7, 11) is 1.26. The van der Waals surface area contributed by atoms with E-state index in [-0.39, 0.29) is 5.34 Å². The van der Waals surface area contributed by atoms with Crippen molar-refractivity contribution in [2.45, 2.75) is 19.3 Å². The molecule has 12 heavy (non-hydrogen) atoms. The molecule has 6 nitrogen and oxygen atoms in total. The van der Waals surface area contributed by atoms with Crippen LogP contribution in [0.3, 0.4) is 0 Å². The fourth-order valence-corrected chi connectivity index (χ4v) is 1.000. The zero-order valence-electron chi connectivity index (χ0n) is 7.10. The normalized spacial score (nSPS) is 18.8. The number of rotatable bonds is 5. The summed E-state index contributed by atoms with van der Waals surface area (Å²) in [5.74, 6) is 7.67. The molecule has 1 aliphatic carbocycles. The minimum atomic E-state index is 0.276. The van der Waals surface area contributed by atoms with Crippen molar-refractivity contribution >= 4 is 0 Å². The van der Waals surface area contributed by atoms with Crippen molar-refractivity contribution in [1.82, 2.24) is 10.6 Å². The lowest BCUT2D eigenvalue weighted by Crippen LogP contribution is -2.32. The Kier molecular flexibility index (Phi) is 3.86. The Labute approximate surface area is 71.7 Å². The van der Waals surface area contributed by atoms with Gasteiger partial charge < -0.3 is 16.5 Å². The molecule has 0 unspecified atom stereocenters. The number of hydrogen-bond acceptors (Lipinski definition) is 4. The van der Waals surface area contributed by atoms with E-state index in [1.807, 2.05) is 0 Å². The third-order valence-electron chi connectivity index (χ3n) is 2.02. The minimum Gasteiger partial charge on any atom is -0.610 e. The zero-order valence-corrected chi connectivity index (χ0v) is 7.10. The van der Waals surface area contributed by atoms with Gasteiger partial charge in [0.1, 0.15) is 0 Å². The fourth-order valence-electron chi connectivity index (χ4n) is 1.000. The van der Waals surface area contributed by atoms with E-state index in [0.717, 1.165) is 0 Å². The second-order valence-electron chi connectivity index (χ2n) is 2.85. The summed E-state index contributed by atoms with van der Waals surface area (Å²) in [6.07, 6.45) is 3.61. The lowest BCUT2D eigenvalue weighted by molar-refractivity contribution is -0.410. The van der Waals surface area contributed by atoms with Gasteiger partial charge in [-0.1, -0.05) is 25.2 Å². The molecule has 0 aromatic rings. The molecule has 0 amide bonds. The molecule has 0 spiro atoms. The Morgan fingerprint density at radius 1 is 1.67 bits per heavy atom. The number of hydrogen-bond donors (Lipinski definition) is 1. The van der Waals surface area contributed by atoms with Gasteiger partial charge in [-0.15, -0.1) is 6.54 Å². The van der Waals surface area contributed by atoms with Crippen molar-refractivity contribution in [3.8, 4) is 0 Å². The van der Waals surface area contributed by atoms with E-state index in [1.54, 1.807) is 0 Å². The third-order valence-corrected chi connectivity index (χ3v) is 2.02. The van der Waals surface area contributed by atoms with E-state index in [4.69, 9.17) is 11.0 Å².